The molecule has 1 fully saturated rings. The molecule has 0 N–H and O–H groups in total. The van der Waals surface area contributed by atoms with Gasteiger partial charge < -0.3 is 9.64 Å². The first-order chi connectivity index (χ1) is 12.2. The molecule has 4 heterocycles. The molecule has 1 aliphatic heterocycles. The number of ether oxygens (including phenoxy) is 1. The Morgan fingerprint density at radius 2 is 2.12 bits per heavy atom. The molecule has 8 heteroatoms. The number of esters is 1. The lowest BCUT2D eigenvalue weighted by molar-refractivity contribution is -0.141. The van der Waals surface area contributed by atoms with Gasteiger partial charge in [-0.1, -0.05) is 6.07 Å². The van der Waals surface area contributed by atoms with E-state index in [1.54, 1.807) is 6.07 Å². The predicted molar refractivity (Wildman–Crippen MR) is 97.6 cm³/mol. The number of ketones is 1. The van der Waals surface area contributed by atoms with Crippen molar-refractivity contribution in [3.63, 3.8) is 0 Å². The fraction of sp³-hybridized carbons (Fsp3) is 0.294. The van der Waals surface area contributed by atoms with E-state index >= 15 is 0 Å². The lowest BCUT2D eigenvalue weighted by atomic mass is 10.2. The van der Waals surface area contributed by atoms with Crippen LogP contribution in [0.3, 0.4) is 0 Å². The molecule has 1 aliphatic rings. The lowest BCUT2D eigenvalue weighted by Crippen LogP contribution is -2.38. The van der Waals surface area contributed by atoms with Crippen molar-refractivity contribution in [3.05, 3.63) is 39.5 Å². The summed E-state index contributed by atoms with van der Waals surface area (Å²) in [5.74, 6) is 0.0104. The van der Waals surface area contributed by atoms with Gasteiger partial charge in [0, 0.05) is 6.54 Å². The van der Waals surface area contributed by atoms with Gasteiger partial charge in [-0.3, -0.25) is 4.79 Å². The van der Waals surface area contributed by atoms with Crippen LogP contribution in [0.2, 0.25) is 0 Å². The zero-order valence-corrected chi connectivity index (χ0v) is 15.1. The van der Waals surface area contributed by atoms with Gasteiger partial charge in [-0.2, -0.15) is 0 Å². The number of hydrogen-bond acceptors (Lipinski definition) is 8. The van der Waals surface area contributed by atoms with Gasteiger partial charge in [0.1, 0.15) is 11.7 Å². The zero-order chi connectivity index (χ0) is 17.4. The van der Waals surface area contributed by atoms with E-state index in [9.17, 15) is 9.59 Å². The third-order valence-electron chi connectivity index (χ3n) is 4.23. The third-order valence-corrected chi connectivity index (χ3v) is 6.01. The van der Waals surface area contributed by atoms with Crippen LogP contribution < -0.4 is 4.90 Å². The quantitative estimate of drug-likeness (QED) is 0.517. The first-order valence-corrected chi connectivity index (χ1v) is 9.63. The minimum absolute atomic E-state index is 0.111. The van der Waals surface area contributed by atoms with Gasteiger partial charge in [-0.25, -0.2) is 14.8 Å². The van der Waals surface area contributed by atoms with Crippen molar-refractivity contribution in [2.45, 2.75) is 18.9 Å². The van der Waals surface area contributed by atoms with E-state index in [-0.39, 0.29) is 11.8 Å². The van der Waals surface area contributed by atoms with Crippen LogP contribution >= 0.6 is 22.7 Å². The molecule has 128 valence electrons. The summed E-state index contributed by atoms with van der Waals surface area (Å²) in [6.07, 6.45) is 1.56. The summed E-state index contributed by atoms with van der Waals surface area (Å²) >= 11 is 2.84. The molecule has 1 unspecified atom stereocenters. The van der Waals surface area contributed by atoms with Crippen LogP contribution in [0.15, 0.2) is 29.0 Å². The van der Waals surface area contributed by atoms with E-state index in [0.717, 1.165) is 16.6 Å². The SMILES string of the molecule is COC(=O)C1CCCN1c1nc(C(=O)c2cccs2)c2sccc2n1. The van der Waals surface area contributed by atoms with Crippen molar-refractivity contribution in [2.24, 2.45) is 0 Å². The number of rotatable bonds is 4. The maximum atomic E-state index is 12.9. The number of methoxy groups -OCH3 is 1. The van der Waals surface area contributed by atoms with Gasteiger partial charge in [0.25, 0.3) is 0 Å². The van der Waals surface area contributed by atoms with Crippen molar-refractivity contribution >= 4 is 50.6 Å². The fourth-order valence-electron chi connectivity index (χ4n) is 3.05. The highest BCUT2D eigenvalue weighted by molar-refractivity contribution is 7.17. The normalized spacial score (nSPS) is 17.2. The maximum absolute atomic E-state index is 12.9. The Kier molecular flexibility index (Phi) is 4.22. The second-order valence-corrected chi connectivity index (χ2v) is 7.55. The van der Waals surface area contributed by atoms with Gasteiger partial charge in [0.05, 0.1) is 22.2 Å². The van der Waals surface area contributed by atoms with E-state index in [1.807, 2.05) is 27.8 Å². The summed E-state index contributed by atoms with van der Waals surface area (Å²) < 4.78 is 5.67. The molecule has 3 aromatic heterocycles. The van der Waals surface area contributed by atoms with Crippen LogP contribution in [0, 0.1) is 0 Å². The number of fused-ring (bicyclic) bond motifs is 1. The molecule has 0 saturated carbocycles. The number of carbonyl (C=O) groups is 2. The van der Waals surface area contributed by atoms with Gasteiger partial charge in [-0.15, -0.1) is 22.7 Å². The Morgan fingerprint density at radius 1 is 1.24 bits per heavy atom. The smallest absolute Gasteiger partial charge is 0.328 e. The number of anilines is 1. The van der Waals surface area contributed by atoms with Gasteiger partial charge in [0.2, 0.25) is 11.7 Å². The highest BCUT2D eigenvalue weighted by atomic mass is 32.1. The largest absolute Gasteiger partial charge is 0.467 e. The molecular weight excluding hydrogens is 358 g/mol. The summed E-state index contributed by atoms with van der Waals surface area (Å²) in [7, 11) is 1.38. The summed E-state index contributed by atoms with van der Waals surface area (Å²) in [5, 5.41) is 3.77. The minimum Gasteiger partial charge on any atom is -0.467 e. The second-order valence-electron chi connectivity index (χ2n) is 5.69. The molecule has 0 bridgehead atoms. The summed E-state index contributed by atoms with van der Waals surface area (Å²) in [6, 6.07) is 5.12. The summed E-state index contributed by atoms with van der Waals surface area (Å²) in [6.45, 7) is 0.669. The Balaban J connectivity index is 1.81. The molecular formula is C17H15N3O3S2. The van der Waals surface area contributed by atoms with Gasteiger partial charge in [-0.05, 0) is 35.7 Å². The molecule has 1 atom stereocenters. The van der Waals surface area contributed by atoms with Crippen molar-refractivity contribution in [2.75, 3.05) is 18.6 Å². The van der Waals surface area contributed by atoms with Crippen LogP contribution in [0.5, 0.6) is 0 Å². The van der Waals surface area contributed by atoms with E-state index in [2.05, 4.69) is 9.97 Å². The minimum atomic E-state index is -0.397. The zero-order valence-electron chi connectivity index (χ0n) is 13.5. The highest BCUT2D eigenvalue weighted by Crippen LogP contribution is 2.30. The average Bonchev–Trinajstić information content (AvgIpc) is 3.39. The molecule has 25 heavy (non-hydrogen) atoms. The molecule has 0 radical (unpaired) electrons. The maximum Gasteiger partial charge on any atom is 0.328 e. The van der Waals surface area contributed by atoms with Crippen LogP contribution in [0.4, 0.5) is 5.95 Å². The van der Waals surface area contributed by atoms with Crippen LogP contribution in [-0.4, -0.2) is 41.4 Å². The van der Waals surface area contributed by atoms with Crippen molar-refractivity contribution in [1.82, 2.24) is 9.97 Å². The summed E-state index contributed by atoms with van der Waals surface area (Å²) in [5.41, 5.74) is 1.12. The first kappa shape index (κ1) is 16.2. The lowest BCUT2D eigenvalue weighted by Gasteiger charge is -2.22. The molecule has 4 rings (SSSR count). The number of thiophene rings is 2. The van der Waals surface area contributed by atoms with Crippen LogP contribution in [0.1, 0.15) is 28.2 Å². The Hall–Kier alpha value is -2.32. The highest BCUT2D eigenvalue weighted by Gasteiger charge is 2.34. The van der Waals surface area contributed by atoms with E-state index in [0.29, 0.717) is 29.5 Å². The van der Waals surface area contributed by atoms with Crippen LogP contribution in [-0.2, 0) is 9.53 Å². The van der Waals surface area contributed by atoms with Gasteiger partial charge in [0.15, 0.2) is 0 Å². The predicted octanol–water partition coefficient (Wildman–Crippen LogP) is 3.13. The van der Waals surface area contributed by atoms with E-state index in [1.165, 1.54) is 29.8 Å². The summed E-state index contributed by atoms with van der Waals surface area (Å²) in [4.78, 5) is 36.5. The monoisotopic (exact) mass is 373 g/mol. The third kappa shape index (κ3) is 2.81. The Labute approximate surface area is 152 Å². The number of hydrogen-bond donors (Lipinski definition) is 0. The number of carbonyl (C=O) groups excluding carboxylic acids is 2. The molecule has 0 aliphatic carbocycles. The number of nitrogens with zero attached hydrogens (tertiary/aromatic N) is 3. The molecule has 0 amide bonds. The molecule has 1 saturated heterocycles. The standard InChI is InChI=1S/C17H15N3O3S2/c1-23-16(22)11-4-2-7-20(11)17-18-10-6-9-25-15(10)13(19-17)14(21)12-5-3-8-24-12/h3,5-6,8-9,11H,2,4,7H2,1H3. The fourth-order valence-corrected chi connectivity index (χ4v) is 4.53. The van der Waals surface area contributed by atoms with E-state index < -0.39 is 6.04 Å². The van der Waals surface area contributed by atoms with Crippen molar-refractivity contribution in [3.8, 4) is 0 Å². The van der Waals surface area contributed by atoms with Crippen molar-refractivity contribution in [1.29, 1.82) is 0 Å². The molecule has 0 spiro atoms. The Morgan fingerprint density at radius 3 is 2.88 bits per heavy atom. The van der Waals surface area contributed by atoms with Gasteiger partial charge >= 0.3 is 5.97 Å². The topological polar surface area (TPSA) is 72.4 Å². The molecule has 6 nitrogen and oxygen atoms in total. The average molecular weight is 373 g/mol. The Bertz CT molecular complexity index is 936. The molecule has 0 aromatic carbocycles. The molecule has 3 aromatic rings. The second kappa shape index (κ2) is 6.53. The first-order valence-electron chi connectivity index (χ1n) is 7.87. The number of aromatic nitrogens is 2. The van der Waals surface area contributed by atoms with Crippen LogP contribution in [0.25, 0.3) is 10.2 Å². The van der Waals surface area contributed by atoms with E-state index in [4.69, 9.17) is 4.74 Å². The van der Waals surface area contributed by atoms with Crippen molar-refractivity contribution < 1.29 is 14.3 Å².